The van der Waals surface area contributed by atoms with E-state index in [2.05, 4.69) is 19.2 Å². The Morgan fingerprint density at radius 2 is 1.79 bits per heavy atom. The highest BCUT2D eigenvalue weighted by molar-refractivity contribution is 7.99. The Morgan fingerprint density at radius 3 is 2.48 bits per heavy atom. The van der Waals surface area contributed by atoms with E-state index in [1.165, 1.54) is 11.8 Å². The Hall–Kier alpha value is -2.60. The average molecular weight is 410 g/mol. The molecule has 0 aliphatic rings. The van der Waals surface area contributed by atoms with Crippen LogP contribution in [0.4, 0.5) is 0 Å². The summed E-state index contributed by atoms with van der Waals surface area (Å²) in [5.74, 6) is 0.707. The van der Waals surface area contributed by atoms with Crippen molar-refractivity contribution >= 4 is 28.6 Å². The van der Waals surface area contributed by atoms with E-state index in [4.69, 9.17) is 4.98 Å². The SMILES string of the molecule is Cc1cccc(C)c1-n1c(SCC(=O)NCCC(C)C)nc2ccccc2c1=O. The number of hydrogen-bond donors (Lipinski definition) is 1. The summed E-state index contributed by atoms with van der Waals surface area (Å²) in [6.45, 7) is 8.88. The normalized spacial score (nSPS) is 11.2. The van der Waals surface area contributed by atoms with E-state index >= 15 is 0 Å². The van der Waals surface area contributed by atoms with Crippen LogP contribution in [0.5, 0.6) is 0 Å². The van der Waals surface area contributed by atoms with E-state index < -0.39 is 0 Å². The molecule has 29 heavy (non-hydrogen) atoms. The van der Waals surface area contributed by atoms with Gasteiger partial charge in [-0.25, -0.2) is 4.98 Å². The van der Waals surface area contributed by atoms with Gasteiger partial charge >= 0.3 is 0 Å². The maximum Gasteiger partial charge on any atom is 0.266 e. The summed E-state index contributed by atoms with van der Waals surface area (Å²) in [6, 6.07) is 13.3. The molecule has 5 nitrogen and oxygen atoms in total. The fourth-order valence-electron chi connectivity index (χ4n) is 3.25. The number of fused-ring (bicyclic) bond motifs is 1. The van der Waals surface area contributed by atoms with E-state index in [0.29, 0.717) is 28.5 Å². The topological polar surface area (TPSA) is 64.0 Å². The minimum absolute atomic E-state index is 0.0499. The fourth-order valence-corrected chi connectivity index (χ4v) is 4.07. The molecule has 0 fully saturated rings. The molecule has 0 bridgehead atoms. The van der Waals surface area contributed by atoms with Gasteiger partial charge in [0.2, 0.25) is 5.91 Å². The summed E-state index contributed by atoms with van der Waals surface area (Å²) in [7, 11) is 0. The van der Waals surface area contributed by atoms with Crippen molar-refractivity contribution in [2.75, 3.05) is 12.3 Å². The number of aryl methyl sites for hydroxylation is 2. The molecule has 3 aromatic rings. The number of carbonyl (C=O) groups is 1. The van der Waals surface area contributed by atoms with Gasteiger partial charge in [-0.2, -0.15) is 0 Å². The van der Waals surface area contributed by atoms with Crippen LogP contribution in [-0.4, -0.2) is 27.8 Å². The summed E-state index contributed by atoms with van der Waals surface area (Å²) >= 11 is 1.30. The predicted molar refractivity (Wildman–Crippen MR) is 120 cm³/mol. The number of hydrogen-bond acceptors (Lipinski definition) is 4. The molecule has 1 amide bonds. The van der Waals surface area contributed by atoms with Crippen molar-refractivity contribution in [3.63, 3.8) is 0 Å². The summed E-state index contributed by atoms with van der Waals surface area (Å²) < 4.78 is 1.65. The number of nitrogens with zero attached hydrogens (tertiary/aromatic N) is 2. The standard InChI is InChI=1S/C23H27N3O2S/c1-15(2)12-13-24-20(27)14-29-23-25-19-11-6-5-10-18(19)22(28)26(23)21-16(3)8-7-9-17(21)4/h5-11,15H,12-14H2,1-4H3,(H,24,27). The Bertz CT molecular complexity index is 1070. The molecule has 1 heterocycles. The van der Waals surface area contributed by atoms with Crippen molar-refractivity contribution < 1.29 is 4.79 Å². The first-order valence-electron chi connectivity index (χ1n) is 9.86. The minimum atomic E-state index is -0.115. The predicted octanol–water partition coefficient (Wildman–Crippen LogP) is 4.26. The lowest BCUT2D eigenvalue weighted by molar-refractivity contribution is -0.118. The zero-order chi connectivity index (χ0) is 21.0. The van der Waals surface area contributed by atoms with Crippen LogP contribution in [0.3, 0.4) is 0 Å². The molecule has 1 aromatic heterocycles. The third-order valence-electron chi connectivity index (χ3n) is 4.78. The van der Waals surface area contributed by atoms with Crippen LogP contribution in [0, 0.1) is 19.8 Å². The van der Waals surface area contributed by atoms with Crippen LogP contribution in [0.25, 0.3) is 16.6 Å². The zero-order valence-electron chi connectivity index (χ0n) is 17.4. The number of nitrogens with one attached hydrogen (secondary N) is 1. The van der Waals surface area contributed by atoms with Gasteiger partial charge in [0.1, 0.15) is 0 Å². The molecule has 0 radical (unpaired) electrons. The number of aromatic nitrogens is 2. The monoisotopic (exact) mass is 409 g/mol. The van der Waals surface area contributed by atoms with Gasteiger partial charge in [-0.05, 0) is 49.4 Å². The number of amides is 1. The van der Waals surface area contributed by atoms with E-state index in [1.54, 1.807) is 10.6 Å². The van der Waals surface area contributed by atoms with Gasteiger partial charge in [-0.1, -0.05) is 55.9 Å². The van der Waals surface area contributed by atoms with Crippen molar-refractivity contribution in [1.29, 1.82) is 0 Å². The summed E-state index contributed by atoms with van der Waals surface area (Å²) in [5, 5.41) is 4.05. The zero-order valence-corrected chi connectivity index (χ0v) is 18.2. The first kappa shape index (κ1) is 21.1. The average Bonchev–Trinajstić information content (AvgIpc) is 2.67. The number of benzene rings is 2. The van der Waals surface area contributed by atoms with Crippen LogP contribution in [-0.2, 0) is 4.79 Å². The lowest BCUT2D eigenvalue weighted by Crippen LogP contribution is -2.28. The van der Waals surface area contributed by atoms with Gasteiger partial charge in [-0.15, -0.1) is 0 Å². The Labute approximate surface area is 175 Å². The lowest BCUT2D eigenvalue weighted by atomic mass is 10.1. The van der Waals surface area contributed by atoms with Crippen molar-refractivity contribution in [1.82, 2.24) is 14.9 Å². The number of carbonyl (C=O) groups excluding carboxylic acids is 1. The van der Waals surface area contributed by atoms with Crippen LogP contribution in [0.1, 0.15) is 31.4 Å². The van der Waals surface area contributed by atoms with Gasteiger partial charge in [0.25, 0.3) is 5.56 Å². The third-order valence-corrected chi connectivity index (χ3v) is 5.72. The molecule has 0 unspecified atom stereocenters. The van der Waals surface area contributed by atoms with Gasteiger partial charge in [0.15, 0.2) is 5.16 Å². The molecule has 0 saturated heterocycles. The fraction of sp³-hybridized carbons (Fsp3) is 0.348. The quantitative estimate of drug-likeness (QED) is 0.468. The van der Waals surface area contributed by atoms with Crippen LogP contribution in [0.15, 0.2) is 52.4 Å². The van der Waals surface area contributed by atoms with Gasteiger partial charge in [0.05, 0.1) is 22.3 Å². The highest BCUT2D eigenvalue weighted by Gasteiger charge is 2.17. The van der Waals surface area contributed by atoms with E-state index in [-0.39, 0.29) is 17.2 Å². The highest BCUT2D eigenvalue weighted by atomic mass is 32.2. The molecule has 0 saturated carbocycles. The van der Waals surface area contributed by atoms with Crippen molar-refractivity contribution in [3.05, 3.63) is 63.9 Å². The Kier molecular flexibility index (Phi) is 6.75. The maximum absolute atomic E-state index is 13.4. The summed E-state index contributed by atoms with van der Waals surface area (Å²) in [4.78, 5) is 30.4. The molecule has 6 heteroatoms. The number of thioether (sulfide) groups is 1. The lowest BCUT2D eigenvalue weighted by Gasteiger charge is -2.17. The van der Waals surface area contributed by atoms with Crippen molar-refractivity contribution in [2.45, 2.75) is 39.3 Å². The number of rotatable bonds is 7. The van der Waals surface area contributed by atoms with Crippen molar-refractivity contribution in [2.24, 2.45) is 5.92 Å². The minimum Gasteiger partial charge on any atom is -0.355 e. The Morgan fingerprint density at radius 1 is 1.10 bits per heavy atom. The third kappa shape index (κ3) is 4.88. The molecule has 2 aromatic carbocycles. The van der Waals surface area contributed by atoms with Crippen LogP contribution < -0.4 is 10.9 Å². The van der Waals surface area contributed by atoms with E-state index in [1.807, 2.05) is 50.2 Å². The number of para-hydroxylation sites is 2. The second-order valence-corrected chi connectivity index (χ2v) is 8.56. The molecule has 0 aliphatic carbocycles. The highest BCUT2D eigenvalue weighted by Crippen LogP contribution is 2.25. The molecular formula is C23H27N3O2S. The summed E-state index contributed by atoms with van der Waals surface area (Å²) in [6.07, 6.45) is 0.942. The molecule has 0 aliphatic heterocycles. The first-order chi connectivity index (χ1) is 13.9. The first-order valence-corrected chi connectivity index (χ1v) is 10.8. The molecule has 3 rings (SSSR count). The molecular weight excluding hydrogens is 382 g/mol. The van der Waals surface area contributed by atoms with Crippen LogP contribution >= 0.6 is 11.8 Å². The second-order valence-electron chi connectivity index (χ2n) is 7.61. The molecule has 0 atom stereocenters. The molecule has 1 N–H and O–H groups in total. The smallest absolute Gasteiger partial charge is 0.266 e. The maximum atomic E-state index is 13.4. The molecule has 0 spiro atoms. The van der Waals surface area contributed by atoms with E-state index in [0.717, 1.165) is 23.2 Å². The van der Waals surface area contributed by atoms with E-state index in [9.17, 15) is 9.59 Å². The van der Waals surface area contributed by atoms with Gasteiger partial charge in [-0.3, -0.25) is 14.2 Å². The van der Waals surface area contributed by atoms with Gasteiger partial charge < -0.3 is 5.32 Å². The Balaban J connectivity index is 2.00. The second kappa shape index (κ2) is 9.27. The van der Waals surface area contributed by atoms with Crippen LogP contribution in [0.2, 0.25) is 0 Å². The van der Waals surface area contributed by atoms with Crippen molar-refractivity contribution in [3.8, 4) is 5.69 Å². The summed E-state index contributed by atoms with van der Waals surface area (Å²) in [5.41, 5.74) is 3.34. The molecule has 152 valence electrons. The van der Waals surface area contributed by atoms with Gasteiger partial charge in [0, 0.05) is 6.54 Å². The largest absolute Gasteiger partial charge is 0.355 e.